The van der Waals surface area contributed by atoms with E-state index in [4.69, 9.17) is 5.26 Å². The van der Waals surface area contributed by atoms with Crippen molar-refractivity contribution < 1.29 is 9.59 Å². The molecule has 1 amide bonds. The lowest BCUT2D eigenvalue weighted by Crippen LogP contribution is -2.15. The van der Waals surface area contributed by atoms with Crippen LogP contribution in [-0.4, -0.2) is 12.2 Å². The highest BCUT2D eigenvalue weighted by Gasteiger charge is 2.08. The number of hydrogen-bond donors (Lipinski definition) is 1. The quantitative estimate of drug-likeness (QED) is 0.787. The zero-order valence-corrected chi connectivity index (χ0v) is 9.64. The SMILES string of the molecule is CC(CC=O)CC(=O)Nc1ccc(C#N)cc1. The molecule has 0 fully saturated rings. The molecule has 0 aliphatic rings. The van der Waals surface area contributed by atoms with Gasteiger partial charge < -0.3 is 10.1 Å². The molecular weight excluding hydrogens is 216 g/mol. The summed E-state index contributed by atoms with van der Waals surface area (Å²) in [7, 11) is 0. The average Bonchev–Trinajstić information content (AvgIpc) is 2.30. The van der Waals surface area contributed by atoms with E-state index in [1.165, 1.54) is 0 Å². The number of hydrogen-bond acceptors (Lipinski definition) is 3. The standard InChI is InChI=1S/C13H14N2O2/c1-10(6-7-16)8-13(17)15-12-4-2-11(9-14)3-5-12/h2-5,7,10H,6,8H2,1H3,(H,15,17). The highest BCUT2D eigenvalue weighted by atomic mass is 16.1. The molecule has 4 heteroatoms. The van der Waals surface area contributed by atoms with Crippen LogP contribution in [0.2, 0.25) is 0 Å². The normalized spacial score (nSPS) is 11.3. The van der Waals surface area contributed by atoms with E-state index in [0.29, 0.717) is 24.1 Å². The predicted molar refractivity (Wildman–Crippen MR) is 64.2 cm³/mol. The van der Waals surface area contributed by atoms with E-state index >= 15 is 0 Å². The van der Waals surface area contributed by atoms with Crippen LogP contribution in [0.15, 0.2) is 24.3 Å². The second kappa shape index (κ2) is 6.44. The maximum absolute atomic E-state index is 11.6. The molecule has 0 radical (unpaired) electrons. The smallest absolute Gasteiger partial charge is 0.224 e. The van der Waals surface area contributed by atoms with Crippen molar-refractivity contribution in [2.24, 2.45) is 5.92 Å². The van der Waals surface area contributed by atoms with Crippen molar-refractivity contribution in [1.82, 2.24) is 0 Å². The van der Waals surface area contributed by atoms with Gasteiger partial charge in [-0.1, -0.05) is 6.92 Å². The summed E-state index contributed by atoms with van der Waals surface area (Å²) in [5.74, 6) is -0.0741. The lowest BCUT2D eigenvalue weighted by Gasteiger charge is -2.08. The van der Waals surface area contributed by atoms with Crippen LogP contribution >= 0.6 is 0 Å². The van der Waals surface area contributed by atoms with Crippen molar-refractivity contribution in [1.29, 1.82) is 5.26 Å². The Balaban J connectivity index is 2.50. The Morgan fingerprint density at radius 3 is 2.65 bits per heavy atom. The van der Waals surface area contributed by atoms with Crippen LogP contribution in [0.4, 0.5) is 5.69 Å². The Morgan fingerprint density at radius 1 is 1.47 bits per heavy atom. The zero-order chi connectivity index (χ0) is 12.7. The van der Waals surface area contributed by atoms with Crippen LogP contribution in [0, 0.1) is 17.2 Å². The number of anilines is 1. The number of aldehydes is 1. The summed E-state index contributed by atoms with van der Waals surface area (Å²) in [5.41, 5.74) is 1.21. The van der Waals surface area contributed by atoms with Crippen LogP contribution in [0.1, 0.15) is 25.3 Å². The number of carbonyl (C=O) groups is 2. The number of amides is 1. The first-order valence-electron chi connectivity index (χ1n) is 5.39. The maximum atomic E-state index is 11.6. The number of nitrogens with one attached hydrogen (secondary N) is 1. The van der Waals surface area contributed by atoms with Crippen molar-refractivity contribution in [2.75, 3.05) is 5.32 Å². The van der Waals surface area contributed by atoms with E-state index in [1.807, 2.05) is 13.0 Å². The molecule has 4 nitrogen and oxygen atoms in total. The van der Waals surface area contributed by atoms with Crippen molar-refractivity contribution in [2.45, 2.75) is 19.8 Å². The number of carbonyl (C=O) groups excluding carboxylic acids is 2. The third kappa shape index (κ3) is 4.47. The van der Waals surface area contributed by atoms with Gasteiger partial charge in [0.2, 0.25) is 5.91 Å². The van der Waals surface area contributed by atoms with E-state index in [1.54, 1.807) is 24.3 Å². The molecule has 1 unspecified atom stereocenters. The Morgan fingerprint density at radius 2 is 2.12 bits per heavy atom. The number of nitriles is 1. The fourth-order valence-electron chi connectivity index (χ4n) is 1.40. The summed E-state index contributed by atoms with van der Waals surface area (Å²) in [5, 5.41) is 11.3. The topological polar surface area (TPSA) is 70.0 Å². The van der Waals surface area contributed by atoms with Crippen LogP contribution in [0.3, 0.4) is 0 Å². The largest absolute Gasteiger partial charge is 0.326 e. The molecule has 1 N–H and O–H groups in total. The van der Waals surface area contributed by atoms with Gasteiger partial charge in [0.15, 0.2) is 0 Å². The fourth-order valence-corrected chi connectivity index (χ4v) is 1.40. The Kier molecular flexibility index (Phi) is 4.89. The van der Waals surface area contributed by atoms with Crippen molar-refractivity contribution in [3.8, 4) is 6.07 Å². The molecule has 1 aromatic rings. The van der Waals surface area contributed by atoms with Crippen molar-refractivity contribution in [3.63, 3.8) is 0 Å². The summed E-state index contributed by atoms with van der Waals surface area (Å²) < 4.78 is 0. The maximum Gasteiger partial charge on any atom is 0.224 e. The van der Waals surface area contributed by atoms with Crippen LogP contribution < -0.4 is 5.32 Å². The molecule has 1 aromatic carbocycles. The van der Waals surface area contributed by atoms with Crippen LogP contribution in [0.25, 0.3) is 0 Å². The molecular formula is C13H14N2O2. The van der Waals surface area contributed by atoms with Gasteiger partial charge in [-0.2, -0.15) is 5.26 Å². The van der Waals surface area contributed by atoms with E-state index in [2.05, 4.69) is 5.32 Å². The molecule has 88 valence electrons. The first-order chi connectivity index (χ1) is 8.15. The summed E-state index contributed by atoms with van der Waals surface area (Å²) in [6.45, 7) is 1.85. The molecule has 0 saturated carbocycles. The van der Waals surface area contributed by atoms with Gasteiger partial charge >= 0.3 is 0 Å². The molecule has 0 bridgehead atoms. The van der Waals surface area contributed by atoms with Gasteiger partial charge in [0.05, 0.1) is 11.6 Å². The van der Waals surface area contributed by atoms with E-state index in [9.17, 15) is 9.59 Å². The predicted octanol–water partition coefficient (Wildman–Crippen LogP) is 2.11. The van der Waals surface area contributed by atoms with E-state index in [-0.39, 0.29) is 11.8 Å². The minimum atomic E-state index is -0.121. The third-order valence-electron chi connectivity index (χ3n) is 2.33. The van der Waals surface area contributed by atoms with Crippen LogP contribution in [0.5, 0.6) is 0 Å². The van der Waals surface area contributed by atoms with Gasteiger partial charge in [0, 0.05) is 18.5 Å². The first-order valence-corrected chi connectivity index (χ1v) is 5.39. The monoisotopic (exact) mass is 230 g/mol. The van der Waals surface area contributed by atoms with Gasteiger partial charge in [0.25, 0.3) is 0 Å². The summed E-state index contributed by atoms with van der Waals surface area (Å²) in [4.78, 5) is 21.8. The Labute approximate surface area is 100 Å². The van der Waals surface area contributed by atoms with Gasteiger partial charge in [-0.05, 0) is 30.2 Å². The van der Waals surface area contributed by atoms with E-state index < -0.39 is 0 Å². The van der Waals surface area contributed by atoms with Crippen molar-refractivity contribution in [3.05, 3.63) is 29.8 Å². The third-order valence-corrected chi connectivity index (χ3v) is 2.33. The van der Waals surface area contributed by atoms with Gasteiger partial charge in [-0.15, -0.1) is 0 Å². The second-order valence-corrected chi connectivity index (χ2v) is 3.95. The fraction of sp³-hybridized carbons (Fsp3) is 0.308. The molecule has 0 aromatic heterocycles. The van der Waals surface area contributed by atoms with Crippen LogP contribution in [-0.2, 0) is 9.59 Å². The summed E-state index contributed by atoms with van der Waals surface area (Å²) in [6.07, 6.45) is 1.53. The average molecular weight is 230 g/mol. The minimum absolute atomic E-state index is 0.0471. The molecule has 0 heterocycles. The van der Waals surface area contributed by atoms with Gasteiger partial charge in [0.1, 0.15) is 6.29 Å². The first kappa shape index (κ1) is 12.9. The van der Waals surface area contributed by atoms with E-state index in [0.717, 1.165) is 6.29 Å². The van der Waals surface area contributed by atoms with Gasteiger partial charge in [-0.3, -0.25) is 4.79 Å². The second-order valence-electron chi connectivity index (χ2n) is 3.95. The number of benzene rings is 1. The molecule has 0 saturated heterocycles. The Bertz CT molecular complexity index is 432. The highest BCUT2D eigenvalue weighted by molar-refractivity contribution is 5.90. The number of nitrogens with zero attached hydrogens (tertiary/aromatic N) is 1. The molecule has 1 rings (SSSR count). The highest BCUT2D eigenvalue weighted by Crippen LogP contribution is 2.11. The lowest BCUT2D eigenvalue weighted by molar-refractivity contribution is -0.117. The Hall–Kier alpha value is -2.15. The molecule has 0 spiro atoms. The number of rotatable bonds is 5. The molecule has 0 aliphatic heterocycles. The summed E-state index contributed by atoms with van der Waals surface area (Å²) in [6, 6.07) is 8.65. The molecule has 1 atom stereocenters. The lowest BCUT2D eigenvalue weighted by atomic mass is 10.0. The zero-order valence-electron chi connectivity index (χ0n) is 9.64. The molecule has 0 aliphatic carbocycles. The minimum Gasteiger partial charge on any atom is -0.326 e. The van der Waals surface area contributed by atoms with Crippen molar-refractivity contribution >= 4 is 17.9 Å². The van der Waals surface area contributed by atoms with Gasteiger partial charge in [-0.25, -0.2) is 0 Å². The molecule has 17 heavy (non-hydrogen) atoms. The summed E-state index contributed by atoms with van der Waals surface area (Å²) >= 11 is 0.